The standard InChI is InChI=1S/C15H18N2/c1-12(16)5-6-13-3-2-4-15(11-13)14-7-9-17-10-8-14/h2-4,7-12H,5-6,16H2,1H3. The van der Waals surface area contributed by atoms with Gasteiger partial charge in [-0.3, -0.25) is 4.98 Å². The molecule has 0 saturated carbocycles. The first-order valence-electron chi connectivity index (χ1n) is 6.00. The number of aryl methyl sites for hydroxylation is 1. The second-order valence-corrected chi connectivity index (χ2v) is 4.45. The van der Waals surface area contributed by atoms with Gasteiger partial charge in [-0.1, -0.05) is 24.3 Å². The van der Waals surface area contributed by atoms with E-state index in [2.05, 4.69) is 29.2 Å². The van der Waals surface area contributed by atoms with Crippen LogP contribution in [0.3, 0.4) is 0 Å². The van der Waals surface area contributed by atoms with Gasteiger partial charge in [-0.25, -0.2) is 0 Å². The average Bonchev–Trinajstić information content (AvgIpc) is 2.38. The molecule has 0 aliphatic rings. The maximum Gasteiger partial charge on any atom is 0.0273 e. The lowest BCUT2D eigenvalue weighted by atomic mass is 10.0. The topological polar surface area (TPSA) is 38.9 Å². The third-order valence-corrected chi connectivity index (χ3v) is 2.83. The van der Waals surface area contributed by atoms with E-state index in [9.17, 15) is 0 Å². The zero-order chi connectivity index (χ0) is 12.1. The lowest BCUT2D eigenvalue weighted by Gasteiger charge is -2.07. The molecule has 0 spiro atoms. The average molecular weight is 226 g/mol. The number of rotatable bonds is 4. The van der Waals surface area contributed by atoms with Crippen LogP contribution >= 0.6 is 0 Å². The van der Waals surface area contributed by atoms with Crippen LogP contribution in [0.5, 0.6) is 0 Å². The van der Waals surface area contributed by atoms with Crippen LogP contribution in [0.4, 0.5) is 0 Å². The lowest BCUT2D eigenvalue weighted by molar-refractivity contribution is 0.666. The van der Waals surface area contributed by atoms with Crippen molar-refractivity contribution in [3.8, 4) is 11.1 Å². The summed E-state index contributed by atoms with van der Waals surface area (Å²) in [5.74, 6) is 0. The van der Waals surface area contributed by atoms with Crippen molar-refractivity contribution in [1.29, 1.82) is 0 Å². The number of aromatic nitrogens is 1. The van der Waals surface area contributed by atoms with Crippen LogP contribution in [-0.2, 0) is 6.42 Å². The molecule has 1 unspecified atom stereocenters. The molecule has 2 N–H and O–H groups in total. The van der Waals surface area contributed by atoms with Crippen molar-refractivity contribution in [2.24, 2.45) is 5.73 Å². The van der Waals surface area contributed by atoms with Gasteiger partial charge in [0.15, 0.2) is 0 Å². The Bertz CT molecular complexity index is 463. The fourth-order valence-corrected chi connectivity index (χ4v) is 1.85. The molecule has 2 rings (SSSR count). The van der Waals surface area contributed by atoms with E-state index in [0.717, 1.165) is 12.8 Å². The molecule has 0 radical (unpaired) electrons. The second kappa shape index (κ2) is 5.60. The third kappa shape index (κ3) is 3.40. The molecule has 0 saturated heterocycles. The van der Waals surface area contributed by atoms with Gasteiger partial charge < -0.3 is 5.73 Å². The number of nitrogens with two attached hydrogens (primary N) is 1. The van der Waals surface area contributed by atoms with Crippen molar-refractivity contribution < 1.29 is 0 Å². The minimum absolute atomic E-state index is 0.264. The Morgan fingerprint density at radius 2 is 1.88 bits per heavy atom. The predicted molar refractivity (Wildman–Crippen MR) is 71.6 cm³/mol. The van der Waals surface area contributed by atoms with Crippen molar-refractivity contribution in [3.05, 3.63) is 54.4 Å². The van der Waals surface area contributed by atoms with E-state index in [1.54, 1.807) is 0 Å². The number of pyridine rings is 1. The Morgan fingerprint density at radius 3 is 2.59 bits per heavy atom. The molecule has 0 bridgehead atoms. The van der Waals surface area contributed by atoms with E-state index in [1.165, 1.54) is 16.7 Å². The van der Waals surface area contributed by atoms with Crippen LogP contribution < -0.4 is 5.73 Å². The lowest BCUT2D eigenvalue weighted by Crippen LogP contribution is -2.15. The normalized spacial score (nSPS) is 12.4. The molecular weight excluding hydrogens is 208 g/mol. The Labute approximate surface area is 103 Å². The quantitative estimate of drug-likeness (QED) is 0.870. The maximum absolute atomic E-state index is 5.78. The number of nitrogens with zero attached hydrogens (tertiary/aromatic N) is 1. The van der Waals surface area contributed by atoms with Crippen LogP contribution in [0.1, 0.15) is 18.9 Å². The maximum atomic E-state index is 5.78. The van der Waals surface area contributed by atoms with E-state index in [1.807, 2.05) is 31.5 Å². The molecule has 1 heterocycles. The molecule has 0 aliphatic heterocycles. The fourth-order valence-electron chi connectivity index (χ4n) is 1.85. The highest BCUT2D eigenvalue weighted by atomic mass is 14.6. The van der Waals surface area contributed by atoms with Gasteiger partial charge in [0.25, 0.3) is 0 Å². The highest BCUT2D eigenvalue weighted by Gasteiger charge is 2.00. The number of hydrogen-bond acceptors (Lipinski definition) is 2. The molecule has 1 atom stereocenters. The highest BCUT2D eigenvalue weighted by molar-refractivity contribution is 5.63. The molecule has 1 aromatic carbocycles. The van der Waals surface area contributed by atoms with Crippen molar-refractivity contribution in [3.63, 3.8) is 0 Å². The summed E-state index contributed by atoms with van der Waals surface area (Å²) >= 11 is 0. The number of hydrogen-bond donors (Lipinski definition) is 1. The molecule has 2 aromatic rings. The molecule has 0 amide bonds. The first-order valence-corrected chi connectivity index (χ1v) is 6.00. The van der Waals surface area contributed by atoms with Crippen LogP contribution in [0.2, 0.25) is 0 Å². The third-order valence-electron chi connectivity index (χ3n) is 2.83. The van der Waals surface area contributed by atoms with Gasteiger partial charge in [0, 0.05) is 18.4 Å². The summed E-state index contributed by atoms with van der Waals surface area (Å²) in [6.45, 7) is 2.05. The van der Waals surface area contributed by atoms with Gasteiger partial charge in [-0.2, -0.15) is 0 Å². The predicted octanol–water partition coefficient (Wildman–Crippen LogP) is 3.03. The van der Waals surface area contributed by atoms with Crippen LogP contribution in [-0.4, -0.2) is 11.0 Å². The molecule has 1 aromatic heterocycles. The van der Waals surface area contributed by atoms with Crippen LogP contribution in [0, 0.1) is 0 Å². The fraction of sp³-hybridized carbons (Fsp3) is 0.267. The van der Waals surface area contributed by atoms with Gasteiger partial charge in [-0.15, -0.1) is 0 Å². The summed E-state index contributed by atoms with van der Waals surface area (Å²) in [5.41, 5.74) is 9.58. The van der Waals surface area contributed by atoms with Crippen molar-refractivity contribution in [1.82, 2.24) is 4.98 Å². The van der Waals surface area contributed by atoms with Gasteiger partial charge >= 0.3 is 0 Å². The van der Waals surface area contributed by atoms with Crippen molar-refractivity contribution in [2.45, 2.75) is 25.8 Å². The molecule has 17 heavy (non-hydrogen) atoms. The van der Waals surface area contributed by atoms with Gasteiger partial charge in [0.05, 0.1) is 0 Å². The Morgan fingerprint density at radius 1 is 1.12 bits per heavy atom. The second-order valence-electron chi connectivity index (χ2n) is 4.45. The smallest absolute Gasteiger partial charge is 0.0273 e. The van der Waals surface area contributed by atoms with Gasteiger partial charge in [0.2, 0.25) is 0 Å². The summed E-state index contributed by atoms with van der Waals surface area (Å²) in [5, 5.41) is 0. The minimum Gasteiger partial charge on any atom is -0.328 e. The van der Waals surface area contributed by atoms with Crippen LogP contribution in [0.15, 0.2) is 48.8 Å². The summed E-state index contributed by atoms with van der Waals surface area (Å²) in [6, 6.07) is 13.0. The Hall–Kier alpha value is -1.67. The summed E-state index contributed by atoms with van der Waals surface area (Å²) in [6.07, 6.45) is 5.71. The van der Waals surface area contributed by atoms with E-state index in [4.69, 9.17) is 5.73 Å². The largest absolute Gasteiger partial charge is 0.328 e. The first kappa shape index (κ1) is 11.8. The van der Waals surface area contributed by atoms with Crippen molar-refractivity contribution >= 4 is 0 Å². The van der Waals surface area contributed by atoms with Gasteiger partial charge in [-0.05, 0) is 48.6 Å². The monoisotopic (exact) mass is 226 g/mol. The first-order chi connectivity index (χ1) is 8.25. The Balaban J connectivity index is 2.17. The van der Waals surface area contributed by atoms with E-state index in [-0.39, 0.29) is 6.04 Å². The van der Waals surface area contributed by atoms with E-state index in [0.29, 0.717) is 0 Å². The summed E-state index contributed by atoms with van der Waals surface area (Å²) in [7, 11) is 0. The molecule has 2 nitrogen and oxygen atoms in total. The van der Waals surface area contributed by atoms with Gasteiger partial charge in [0.1, 0.15) is 0 Å². The zero-order valence-electron chi connectivity index (χ0n) is 10.1. The SMILES string of the molecule is CC(N)CCc1cccc(-c2ccncc2)c1. The zero-order valence-corrected chi connectivity index (χ0v) is 10.1. The minimum atomic E-state index is 0.264. The summed E-state index contributed by atoms with van der Waals surface area (Å²) < 4.78 is 0. The molecular formula is C15H18N2. The molecule has 2 heteroatoms. The van der Waals surface area contributed by atoms with E-state index >= 15 is 0 Å². The molecule has 0 fully saturated rings. The summed E-state index contributed by atoms with van der Waals surface area (Å²) in [4.78, 5) is 4.04. The van der Waals surface area contributed by atoms with Crippen molar-refractivity contribution in [2.75, 3.05) is 0 Å². The molecule has 0 aliphatic carbocycles. The molecule has 88 valence electrons. The van der Waals surface area contributed by atoms with Crippen LogP contribution in [0.25, 0.3) is 11.1 Å². The number of benzene rings is 1. The van der Waals surface area contributed by atoms with E-state index < -0.39 is 0 Å². The highest BCUT2D eigenvalue weighted by Crippen LogP contribution is 2.20. The Kier molecular flexibility index (Phi) is 3.89.